The summed E-state index contributed by atoms with van der Waals surface area (Å²) in [6, 6.07) is 14.0. The fourth-order valence-electron chi connectivity index (χ4n) is 2.19. The van der Waals surface area contributed by atoms with Gasteiger partial charge in [0.25, 0.3) is 0 Å². The van der Waals surface area contributed by atoms with Gasteiger partial charge in [-0.2, -0.15) is 0 Å². The van der Waals surface area contributed by atoms with E-state index < -0.39 is 0 Å². The first-order valence-electron chi connectivity index (χ1n) is 7.24. The summed E-state index contributed by atoms with van der Waals surface area (Å²) in [5, 5.41) is 0.715. The van der Waals surface area contributed by atoms with Crippen LogP contribution >= 0.6 is 11.6 Å². The van der Waals surface area contributed by atoms with Gasteiger partial charge in [-0.15, -0.1) is 0 Å². The molecule has 0 bridgehead atoms. The molecule has 0 fully saturated rings. The summed E-state index contributed by atoms with van der Waals surface area (Å²) >= 11 is 5.93. The van der Waals surface area contributed by atoms with Crippen LogP contribution in [0.4, 0.5) is 0 Å². The van der Waals surface area contributed by atoms with Gasteiger partial charge in [-0.1, -0.05) is 49.7 Å². The third kappa shape index (κ3) is 3.99. The Morgan fingerprint density at radius 2 is 1.67 bits per heavy atom. The number of halogens is 1. The van der Waals surface area contributed by atoms with Crippen LogP contribution in [-0.4, -0.2) is 6.54 Å². The predicted molar refractivity (Wildman–Crippen MR) is 89.1 cm³/mol. The minimum absolute atomic E-state index is 0.164. The number of hydrogen-bond donors (Lipinski definition) is 1. The largest absolute Gasteiger partial charge is 0.484 e. The molecule has 0 aliphatic heterocycles. The van der Waals surface area contributed by atoms with E-state index >= 15 is 0 Å². The molecular weight excluding hydrogens is 282 g/mol. The lowest BCUT2D eigenvalue weighted by Gasteiger charge is -2.20. The fraction of sp³-hybridized carbons (Fsp3) is 0.333. The van der Waals surface area contributed by atoms with Crippen LogP contribution in [-0.2, 0) is 0 Å². The van der Waals surface area contributed by atoms with E-state index in [-0.39, 0.29) is 6.10 Å². The summed E-state index contributed by atoms with van der Waals surface area (Å²) in [5.74, 6) is 1.37. The van der Waals surface area contributed by atoms with E-state index in [9.17, 15) is 0 Å². The SMILES string of the molecule is Cc1ccc(C(C)C)cc1OC(CN)c1ccc(Cl)cc1. The van der Waals surface area contributed by atoms with Gasteiger partial charge in [0.05, 0.1) is 0 Å². The summed E-state index contributed by atoms with van der Waals surface area (Å²) in [7, 11) is 0. The average molecular weight is 304 g/mol. The van der Waals surface area contributed by atoms with Crippen molar-refractivity contribution in [3.63, 3.8) is 0 Å². The van der Waals surface area contributed by atoms with Crippen LogP contribution in [0.15, 0.2) is 42.5 Å². The van der Waals surface area contributed by atoms with Crippen molar-refractivity contribution in [2.75, 3.05) is 6.54 Å². The van der Waals surface area contributed by atoms with Crippen molar-refractivity contribution < 1.29 is 4.74 Å². The molecule has 0 heterocycles. The molecule has 2 aromatic rings. The second-order valence-electron chi connectivity index (χ2n) is 5.57. The normalized spacial score (nSPS) is 12.5. The molecular formula is C18H22ClNO. The van der Waals surface area contributed by atoms with Gasteiger partial charge in [-0.05, 0) is 47.7 Å². The maximum absolute atomic E-state index is 6.14. The Morgan fingerprint density at radius 3 is 2.24 bits per heavy atom. The van der Waals surface area contributed by atoms with Gasteiger partial charge in [-0.3, -0.25) is 0 Å². The Kier molecular flexibility index (Phi) is 5.27. The average Bonchev–Trinajstić information content (AvgIpc) is 2.47. The Hall–Kier alpha value is -1.51. The van der Waals surface area contributed by atoms with E-state index in [1.807, 2.05) is 24.3 Å². The molecule has 0 spiro atoms. The summed E-state index contributed by atoms with van der Waals surface area (Å²) in [5.41, 5.74) is 9.30. The van der Waals surface area contributed by atoms with E-state index in [0.717, 1.165) is 16.9 Å². The van der Waals surface area contributed by atoms with E-state index in [2.05, 4.69) is 39.0 Å². The summed E-state index contributed by atoms with van der Waals surface area (Å²) in [6.45, 7) is 6.82. The highest BCUT2D eigenvalue weighted by Gasteiger charge is 2.14. The molecule has 0 radical (unpaired) electrons. The molecule has 2 aromatic carbocycles. The zero-order valence-electron chi connectivity index (χ0n) is 12.8. The van der Waals surface area contributed by atoms with Gasteiger partial charge < -0.3 is 10.5 Å². The van der Waals surface area contributed by atoms with Crippen molar-refractivity contribution in [3.8, 4) is 5.75 Å². The maximum Gasteiger partial charge on any atom is 0.136 e. The Bertz CT molecular complexity index is 593. The number of nitrogens with two attached hydrogens (primary N) is 1. The smallest absolute Gasteiger partial charge is 0.136 e. The Balaban J connectivity index is 2.26. The van der Waals surface area contributed by atoms with Crippen molar-refractivity contribution >= 4 is 11.6 Å². The monoisotopic (exact) mass is 303 g/mol. The third-order valence-electron chi connectivity index (χ3n) is 3.60. The Labute approximate surface area is 131 Å². The van der Waals surface area contributed by atoms with Crippen molar-refractivity contribution in [1.29, 1.82) is 0 Å². The molecule has 0 saturated carbocycles. The van der Waals surface area contributed by atoms with E-state index in [1.54, 1.807) is 0 Å². The van der Waals surface area contributed by atoms with Crippen LogP contribution in [0.3, 0.4) is 0 Å². The first-order valence-corrected chi connectivity index (χ1v) is 7.61. The van der Waals surface area contributed by atoms with Crippen LogP contribution in [0.1, 0.15) is 42.6 Å². The molecule has 3 heteroatoms. The lowest BCUT2D eigenvalue weighted by molar-refractivity contribution is 0.212. The zero-order chi connectivity index (χ0) is 15.4. The van der Waals surface area contributed by atoms with Crippen LogP contribution in [0.2, 0.25) is 5.02 Å². The summed E-state index contributed by atoms with van der Waals surface area (Å²) < 4.78 is 6.14. The molecule has 2 rings (SSSR count). The number of hydrogen-bond acceptors (Lipinski definition) is 2. The first kappa shape index (κ1) is 15.9. The highest BCUT2D eigenvalue weighted by molar-refractivity contribution is 6.30. The standard InChI is InChI=1S/C18H22ClNO/c1-12(2)15-5-4-13(3)17(10-15)21-18(11-20)14-6-8-16(19)9-7-14/h4-10,12,18H,11,20H2,1-3H3. The van der Waals surface area contributed by atoms with Gasteiger partial charge in [0.2, 0.25) is 0 Å². The van der Waals surface area contributed by atoms with Crippen molar-refractivity contribution in [2.45, 2.75) is 32.8 Å². The van der Waals surface area contributed by atoms with Crippen molar-refractivity contribution in [3.05, 3.63) is 64.2 Å². The molecule has 2 nitrogen and oxygen atoms in total. The maximum atomic E-state index is 6.14. The van der Waals surface area contributed by atoms with Crippen molar-refractivity contribution in [1.82, 2.24) is 0 Å². The quantitative estimate of drug-likeness (QED) is 0.857. The van der Waals surface area contributed by atoms with E-state index in [4.69, 9.17) is 22.1 Å². The first-order chi connectivity index (χ1) is 10.0. The van der Waals surface area contributed by atoms with E-state index in [0.29, 0.717) is 17.5 Å². The highest BCUT2D eigenvalue weighted by Crippen LogP contribution is 2.28. The second-order valence-corrected chi connectivity index (χ2v) is 6.01. The summed E-state index contributed by atoms with van der Waals surface area (Å²) in [6.07, 6.45) is -0.164. The van der Waals surface area contributed by atoms with Crippen LogP contribution in [0.5, 0.6) is 5.75 Å². The molecule has 0 amide bonds. The molecule has 0 saturated heterocycles. The number of benzene rings is 2. The number of ether oxygens (including phenoxy) is 1. The topological polar surface area (TPSA) is 35.2 Å². The molecule has 112 valence electrons. The zero-order valence-corrected chi connectivity index (χ0v) is 13.5. The van der Waals surface area contributed by atoms with Gasteiger partial charge >= 0.3 is 0 Å². The minimum atomic E-state index is -0.164. The van der Waals surface area contributed by atoms with Gasteiger partial charge in [-0.25, -0.2) is 0 Å². The van der Waals surface area contributed by atoms with Gasteiger partial charge in [0.15, 0.2) is 0 Å². The molecule has 0 aliphatic rings. The molecule has 0 aromatic heterocycles. The molecule has 21 heavy (non-hydrogen) atoms. The molecule has 1 atom stereocenters. The van der Waals surface area contributed by atoms with Crippen molar-refractivity contribution in [2.24, 2.45) is 5.73 Å². The van der Waals surface area contributed by atoms with E-state index in [1.165, 1.54) is 5.56 Å². The van der Waals surface area contributed by atoms with Gasteiger partial charge in [0, 0.05) is 11.6 Å². The van der Waals surface area contributed by atoms with Crippen LogP contribution in [0, 0.1) is 6.92 Å². The van der Waals surface area contributed by atoms with Crippen LogP contribution in [0.25, 0.3) is 0 Å². The lowest BCUT2D eigenvalue weighted by Crippen LogP contribution is -2.18. The molecule has 1 unspecified atom stereocenters. The number of aryl methyl sites for hydroxylation is 1. The fourth-order valence-corrected chi connectivity index (χ4v) is 2.31. The molecule has 2 N–H and O–H groups in total. The van der Waals surface area contributed by atoms with Gasteiger partial charge in [0.1, 0.15) is 11.9 Å². The lowest BCUT2D eigenvalue weighted by atomic mass is 10.0. The predicted octanol–water partition coefficient (Wildman–Crippen LogP) is 4.85. The molecule has 0 aliphatic carbocycles. The third-order valence-corrected chi connectivity index (χ3v) is 3.86. The summed E-state index contributed by atoms with van der Waals surface area (Å²) in [4.78, 5) is 0. The second kappa shape index (κ2) is 6.97. The highest BCUT2D eigenvalue weighted by atomic mass is 35.5. The minimum Gasteiger partial charge on any atom is -0.484 e. The Morgan fingerprint density at radius 1 is 1.05 bits per heavy atom. The number of rotatable bonds is 5. The van der Waals surface area contributed by atoms with Crippen LogP contribution < -0.4 is 10.5 Å².